The van der Waals surface area contributed by atoms with E-state index in [0.29, 0.717) is 6.04 Å². The van der Waals surface area contributed by atoms with E-state index in [4.69, 9.17) is 11.6 Å². The molecule has 1 fully saturated rings. The summed E-state index contributed by atoms with van der Waals surface area (Å²) in [6.07, 6.45) is 4.20. The minimum absolute atomic E-state index is 0.368. The van der Waals surface area contributed by atoms with Gasteiger partial charge < -0.3 is 5.32 Å². The molecule has 2 heterocycles. The zero-order valence-electron chi connectivity index (χ0n) is 7.68. The van der Waals surface area contributed by atoms with Crippen LogP contribution in [-0.4, -0.2) is 11.5 Å². The van der Waals surface area contributed by atoms with Crippen LogP contribution in [0.15, 0.2) is 12.3 Å². The van der Waals surface area contributed by atoms with Crippen LogP contribution in [0, 0.1) is 6.92 Å². The Morgan fingerprint density at radius 1 is 1.62 bits per heavy atom. The average molecular weight is 197 g/mol. The maximum atomic E-state index is 6.17. The highest BCUT2D eigenvalue weighted by Crippen LogP contribution is 2.28. The molecular formula is C10H13ClN2. The molecule has 0 spiro atoms. The molecule has 0 radical (unpaired) electrons. The molecule has 2 rings (SSSR count). The first-order valence-corrected chi connectivity index (χ1v) is 5.01. The third-order valence-corrected chi connectivity index (χ3v) is 2.99. The summed E-state index contributed by atoms with van der Waals surface area (Å²) in [5.74, 6) is 0. The van der Waals surface area contributed by atoms with Gasteiger partial charge >= 0.3 is 0 Å². The summed E-state index contributed by atoms with van der Waals surface area (Å²) in [6, 6.07) is 2.31. The number of aryl methyl sites for hydroxylation is 1. The summed E-state index contributed by atoms with van der Waals surface area (Å²) < 4.78 is 0. The molecule has 0 aliphatic carbocycles. The van der Waals surface area contributed by atoms with Crippen molar-refractivity contribution >= 4 is 11.6 Å². The highest BCUT2D eigenvalue weighted by Gasteiger charge is 2.20. The number of pyridine rings is 1. The first-order valence-electron chi connectivity index (χ1n) is 4.63. The number of aromatic nitrogens is 1. The van der Waals surface area contributed by atoms with Crippen molar-refractivity contribution in [3.63, 3.8) is 0 Å². The topological polar surface area (TPSA) is 24.9 Å². The molecule has 1 unspecified atom stereocenters. The van der Waals surface area contributed by atoms with Gasteiger partial charge in [-0.25, -0.2) is 0 Å². The Morgan fingerprint density at radius 2 is 2.46 bits per heavy atom. The monoisotopic (exact) mass is 196 g/mol. The molecular weight excluding hydrogens is 184 g/mol. The van der Waals surface area contributed by atoms with Crippen LogP contribution in [0.25, 0.3) is 0 Å². The number of hydrogen-bond donors (Lipinski definition) is 1. The first kappa shape index (κ1) is 8.97. The van der Waals surface area contributed by atoms with E-state index < -0.39 is 0 Å². The lowest BCUT2D eigenvalue weighted by atomic mass is 10.1. The molecule has 1 aliphatic heterocycles. The molecule has 1 aromatic heterocycles. The number of nitrogens with one attached hydrogen (secondary N) is 1. The predicted octanol–water partition coefficient (Wildman–Crippen LogP) is 2.47. The molecule has 2 nitrogen and oxygen atoms in total. The highest BCUT2D eigenvalue weighted by atomic mass is 35.5. The average Bonchev–Trinajstić information content (AvgIpc) is 2.62. The molecule has 0 aromatic carbocycles. The Kier molecular flexibility index (Phi) is 2.51. The Balaban J connectivity index is 2.33. The van der Waals surface area contributed by atoms with Crippen LogP contribution in [0.4, 0.5) is 0 Å². The van der Waals surface area contributed by atoms with Gasteiger partial charge in [0.05, 0.1) is 16.8 Å². The lowest BCUT2D eigenvalue weighted by Gasteiger charge is -2.12. The number of nitrogens with zero attached hydrogens (tertiary/aromatic N) is 1. The van der Waals surface area contributed by atoms with Gasteiger partial charge in [0.2, 0.25) is 0 Å². The summed E-state index contributed by atoms with van der Waals surface area (Å²) in [7, 11) is 0. The standard InChI is InChI=1S/C10H13ClN2/c1-7-4-6-13-10(9(7)11)8-3-2-5-12-8/h4,6,8,12H,2-3,5H2,1H3. The third-order valence-electron chi connectivity index (χ3n) is 2.50. The van der Waals surface area contributed by atoms with Gasteiger partial charge in [-0.1, -0.05) is 11.6 Å². The van der Waals surface area contributed by atoms with Crippen molar-refractivity contribution in [1.82, 2.24) is 10.3 Å². The van der Waals surface area contributed by atoms with Crippen LogP contribution < -0.4 is 5.32 Å². The zero-order valence-corrected chi connectivity index (χ0v) is 8.43. The van der Waals surface area contributed by atoms with Crippen molar-refractivity contribution in [3.05, 3.63) is 28.5 Å². The number of hydrogen-bond acceptors (Lipinski definition) is 2. The molecule has 0 saturated carbocycles. The summed E-state index contributed by atoms with van der Waals surface area (Å²) in [5.41, 5.74) is 2.12. The van der Waals surface area contributed by atoms with Crippen molar-refractivity contribution in [2.24, 2.45) is 0 Å². The number of halogens is 1. The first-order chi connectivity index (χ1) is 6.29. The summed E-state index contributed by atoms with van der Waals surface area (Å²) in [4.78, 5) is 4.33. The fourth-order valence-corrected chi connectivity index (χ4v) is 1.97. The van der Waals surface area contributed by atoms with E-state index in [9.17, 15) is 0 Å². The maximum absolute atomic E-state index is 6.17. The fraction of sp³-hybridized carbons (Fsp3) is 0.500. The minimum Gasteiger partial charge on any atom is -0.309 e. The SMILES string of the molecule is Cc1ccnc(C2CCCN2)c1Cl. The maximum Gasteiger partial charge on any atom is 0.0761 e. The summed E-state index contributed by atoms with van der Waals surface area (Å²) in [5, 5.41) is 4.22. The van der Waals surface area contributed by atoms with Gasteiger partial charge in [0.25, 0.3) is 0 Å². The third kappa shape index (κ3) is 1.69. The van der Waals surface area contributed by atoms with Crippen molar-refractivity contribution in [2.45, 2.75) is 25.8 Å². The summed E-state index contributed by atoms with van der Waals surface area (Å²) in [6.45, 7) is 3.10. The van der Waals surface area contributed by atoms with Crippen LogP contribution >= 0.6 is 11.6 Å². The van der Waals surface area contributed by atoms with E-state index in [1.165, 1.54) is 6.42 Å². The lowest BCUT2D eigenvalue weighted by molar-refractivity contribution is 0.627. The lowest BCUT2D eigenvalue weighted by Crippen LogP contribution is -2.14. The molecule has 3 heteroatoms. The zero-order chi connectivity index (χ0) is 9.26. The van der Waals surface area contributed by atoms with Crippen LogP contribution in [0.5, 0.6) is 0 Å². The normalized spacial score (nSPS) is 22.2. The Labute approximate surface area is 83.3 Å². The van der Waals surface area contributed by atoms with Gasteiger partial charge in [-0.05, 0) is 37.9 Å². The molecule has 0 bridgehead atoms. The molecule has 1 saturated heterocycles. The van der Waals surface area contributed by atoms with Gasteiger partial charge in [-0.2, -0.15) is 0 Å². The second kappa shape index (κ2) is 3.64. The van der Waals surface area contributed by atoms with Gasteiger partial charge in [-0.3, -0.25) is 4.98 Å². The van der Waals surface area contributed by atoms with E-state index in [0.717, 1.165) is 29.2 Å². The molecule has 1 aliphatic rings. The van der Waals surface area contributed by atoms with Gasteiger partial charge in [0.1, 0.15) is 0 Å². The van der Waals surface area contributed by atoms with E-state index in [-0.39, 0.29) is 0 Å². The van der Waals surface area contributed by atoms with Crippen LogP contribution in [0.1, 0.15) is 30.1 Å². The van der Waals surface area contributed by atoms with Gasteiger partial charge in [0.15, 0.2) is 0 Å². The Morgan fingerprint density at radius 3 is 3.15 bits per heavy atom. The van der Waals surface area contributed by atoms with E-state index in [1.54, 1.807) is 0 Å². The van der Waals surface area contributed by atoms with Crippen LogP contribution in [0.3, 0.4) is 0 Å². The second-order valence-corrected chi connectivity index (χ2v) is 3.85. The van der Waals surface area contributed by atoms with Crippen molar-refractivity contribution in [1.29, 1.82) is 0 Å². The van der Waals surface area contributed by atoms with Crippen LogP contribution in [0.2, 0.25) is 5.02 Å². The largest absolute Gasteiger partial charge is 0.309 e. The highest BCUT2D eigenvalue weighted by molar-refractivity contribution is 6.32. The fourth-order valence-electron chi connectivity index (χ4n) is 1.72. The smallest absolute Gasteiger partial charge is 0.0761 e. The van der Waals surface area contributed by atoms with E-state index in [1.807, 2.05) is 19.2 Å². The molecule has 70 valence electrons. The summed E-state index contributed by atoms with van der Waals surface area (Å²) >= 11 is 6.17. The minimum atomic E-state index is 0.368. The molecule has 13 heavy (non-hydrogen) atoms. The van der Waals surface area contributed by atoms with Crippen molar-refractivity contribution in [3.8, 4) is 0 Å². The van der Waals surface area contributed by atoms with Crippen LogP contribution in [-0.2, 0) is 0 Å². The quantitative estimate of drug-likeness (QED) is 0.747. The number of rotatable bonds is 1. The Hall–Kier alpha value is -0.600. The Bertz CT molecular complexity index is 306. The van der Waals surface area contributed by atoms with E-state index in [2.05, 4.69) is 10.3 Å². The predicted molar refractivity (Wildman–Crippen MR) is 54.0 cm³/mol. The molecule has 1 atom stereocenters. The molecule has 1 aromatic rings. The van der Waals surface area contributed by atoms with Crippen molar-refractivity contribution < 1.29 is 0 Å². The molecule has 1 N–H and O–H groups in total. The van der Waals surface area contributed by atoms with Gasteiger partial charge in [0, 0.05) is 6.20 Å². The molecule has 0 amide bonds. The van der Waals surface area contributed by atoms with Gasteiger partial charge in [-0.15, -0.1) is 0 Å². The second-order valence-electron chi connectivity index (χ2n) is 3.48. The van der Waals surface area contributed by atoms with Crippen molar-refractivity contribution in [2.75, 3.05) is 6.54 Å². The van der Waals surface area contributed by atoms with E-state index >= 15 is 0 Å².